The molecule has 0 saturated carbocycles. The predicted octanol–water partition coefficient (Wildman–Crippen LogP) is 6.42. The average molecular weight is 560 g/mol. The van der Waals surface area contributed by atoms with Crippen molar-refractivity contribution in [3.63, 3.8) is 0 Å². The number of hydrogen-bond acceptors (Lipinski definition) is 4. The van der Waals surface area contributed by atoms with Crippen molar-refractivity contribution in [2.45, 2.75) is 31.7 Å². The maximum Gasteiger partial charge on any atom is 0.408 e. The second-order valence-corrected chi connectivity index (χ2v) is 10.2. The number of ether oxygens (including phenoxy) is 1. The van der Waals surface area contributed by atoms with Crippen LogP contribution in [-0.4, -0.2) is 33.6 Å². The van der Waals surface area contributed by atoms with Gasteiger partial charge >= 0.3 is 12.1 Å². The molecule has 1 unspecified atom stereocenters. The minimum atomic E-state index is -1.31. The third kappa shape index (κ3) is 4.89. The first kappa shape index (κ1) is 24.8. The molecule has 1 atom stereocenters. The Morgan fingerprint density at radius 3 is 2.16 bits per heavy atom. The number of hydrogen-bond donors (Lipinski definition) is 2. The van der Waals surface area contributed by atoms with Crippen molar-refractivity contribution in [3.8, 4) is 16.8 Å². The van der Waals surface area contributed by atoms with Gasteiger partial charge in [-0.3, -0.25) is 0 Å². The third-order valence-electron chi connectivity index (χ3n) is 6.57. The molecular weight excluding hydrogens is 534 g/mol. The number of rotatable bonds is 7. The van der Waals surface area contributed by atoms with Crippen LogP contribution in [0.3, 0.4) is 0 Å². The highest BCUT2D eigenvalue weighted by Crippen LogP contribution is 2.44. The van der Waals surface area contributed by atoms with Crippen LogP contribution < -0.4 is 5.32 Å². The lowest BCUT2D eigenvalue weighted by molar-refractivity contribution is -0.139. The summed E-state index contributed by atoms with van der Waals surface area (Å²) in [4.78, 5) is 25.2. The number of carbonyl (C=O) groups excluding carboxylic acids is 1. The number of benzene rings is 3. The molecule has 37 heavy (non-hydrogen) atoms. The van der Waals surface area contributed by atoms with Crippen molar-refractivity contribution in [2.75, 3.05) is 6.61 Å². The molecule has 188 valence electrons. The summed E-state index contributed by atoms with van der Waals surface area (Å²) in [5.74, 6) is -1.36. The SMILES string of the molecule is CC(C)c1nn(-c2ccc(Br)cc2)cc1C(NC(=O)OCC1c2ccccc2-c2ccccc21)C(=O)O. The lowest BCUT2D eigenvalue weighted by Crippen LogP contribution is -2.35. The second-order valence-electron chi connectivity index (χ2n) is 9.29. The Labute approximate surface area is 223 Å². The molecule has 8 heteroatoms. The fourth-order valence-electron chi connectivity index (χ4n) is 4.83. The van der Waals surface area contributed by atoms with Crippen LogP contribution >= 0.6 is 15.9 Å². The van der Waals surface area contributed by atoms with Crippen molar-refractivity contribution in [1.29, 1.82) is 0 Å². The van der Waals surface area contributed by atoms with Crippen LogP contribution in [0.25, 0.3) is 16.8 Å². The number of amides is 1. The quantitative estimate of drug-likeness (QED) is 0.272. The van der Waals surface area contributed by atoms with E-state index in [9.17, 15) is 14.7 Å². The molecule has 0 fully saturated rings. The van der Waals surface area contributed by atoms with Gasteiger partial charge in [0.25, 0.3) is 0 Å². The molecule has 0 aliphatic heterocycles. The first-order valence-corrected chi connectivity index (χ1v) is 12.8. The van der Waals surface area contributed by atoms with Crippen LogP contribution in [0, 0.1) is 0 Å². The predicted molar refractivity (Wildman–Crippen MR) is 144 cm³/mol. The van der Waals surface area contributed by atoms with Crippen LogP contribution in [0.15, 0.2) is 83.5 Å². The molecule has 0 spiro atoms. The summed E-state index contributed by atoms with van der Waals surface area (Å²) >= 11 is 3.42. The number of alkyl carbamates (subject to hydrolysis) is 1. The van der Waals surface area contributed by atoms with E-state index in [1.165, 1.54) is 0 Å². The third-order valence-corrected chi connectivity index (χ3v) is 7.10. The molecule has 2 N–H and O–H groups in total. The van der Waals surface area contributed by atoms with Gasteiger partial charge in [-0.25, -0.2) is 14.3 Å². The van der Waals surface area contributed by atoms with Gasteiger partial charge in [-0.2, -0.15) is 5.10 Å². The highest BCUT2D eigenvalue weighted by atomic mass is 79.9. The highest BCUT2D eigenvalue weighted by molar-refractivity contribution is 9.10. The van der Waals surface area contributed by atoms with Gasteiger partial charge in [0.1, 0.15) is 6.61 Å². The molecule has 4 aromatic rings. The van der Waals surface area contributed by atoms with Crippen molar-refractivity contribution >= 4 is 28.0 Å². The van der Waals surface area contributed by atoms with E-state index in [-0.39, 0.29) is 18.4 Å². The average Bonchev–Trinajstić information content (AvgIpc) is 3.46. The number of carboxylic acids is 1. The van der Waals surface area contributed by atoms with E-state index < -0.39 is 18.1 Å². The van der Waals surface area contributed by atoms with E-state index in [1.807, 2.05) is 74.5 Å². The van der Waals surface area contributed by atoms with E-state index >= 15 is 0 Å². The minimum absolute atomic E-state index is 0.0575. The van der Waals surface area contributed by atoms with Gasteiger partial charge in [0.15, 0.2) is 6.04 Å². The number of aromatic nitrogens is 2. The largest absolute Gasteiger partial charge is 0.479 e. The summed E-state index contributed by atoms with van der Waals surface area (Å²) in [6.07, 6.45) is 0.863. The van der Waals surface area contributed by atoms with Crippen LogP contribution in [0.5, 0.6) is 0 Å². The molecule has 7 nitrogen and oxygen atoms in total. The van der Waals surface area contributed by atoms with Crippen LogP contribution in [0.1, 0.15) is 54.1 Å². The maximum atomic E-state index is 12.9. The lowest BCUT2D eigenvalue weighted by atomic mass is 9.98. The number of carboxylic acid groups (broad SMARTS) is 1. The first-order valence-electron chi connectivity index (χ1n) is 12.0. The summed E-state index contributed by atoms with van der Waals surface area (Å²) in [5, 5.41) is 17.2. The monoisotopic (exact) mass is 559 g/mol. The summed E-state index contributed by atoms with van der Waals surface area (Å²) < 4.78 is 8.16. The smallest absolute Gasteiger partial charge is 0.408 e. The van der Waals surface area contributed by atoms with E-state index in [1.54, 1.807) is 10.9 Å². The molecule has 0 saturated heterocycles. The van der Waals surface area contributed by atoms with Crippen LogP contribution in [-0.2, 0) is 9.53 Å². The molecule has 1 aliphatic carbocycles. The molecule has 0 radical (unpaired) electrons. The Morgan fingerprint density at radius 2 is 1.59 bits per heavy atom. The Bertz CT molecular complexity index is 1420. The van der Waals surface area contributed by atoms with E-state index in [0.717, 1.165) is 32.4 Å². The topological polar surface area (TPSA) is 93.5 Å². The summed E-state index contributed by atoms with van der Waals surface area (Å²) in [7, 11) is 0. The number of nitrogens with zero attached hydrogens (tertiary/aromatic N) is 2. The van der Waals surface area contributed by atoms with Gasteiger partial charge in [0.05, 0.1) is 11.4 Å². The zero-order chi connectivity index (χ0) is 26.1. The molecule has 1 amide bonds. The number of carbonyl (C=O) groups is 2. The van der Waals surface area contributed by atoms with E-state index in [4.69, 9.17) is 4.74 Å². The minimum Gasteiger partial charge on any atom is -0.479 e. The van der Waals surface area contributed by atoms with E-state index in [0.29, 0.717) is 11.3 Å². The zero-order valence-electron chi connectivity index (χ0n) is 20.4. The Morgan fingerprint density at radius 1 is 1.00 bits per heavy atom. The number of fused-ring (bicyclic) bond motifs is 3. The van der Waals surface area contributed by atoms with Gasteiger partial charge in [-0.1, -0.05) is 78.3 Å². The van der Waals surface area contributed by atoms with Crippen molar-refractivity contribution in [1.82, 2.24) is 15.1 Å². The van der Waals surface area contributed by atoms with Gasteiger partial charge < -0.3 is 15.2 Å². The normalized spacial score (nSPS) is 13.2. The fourth-order valence-corrected chi connectivity index (χ4v) is 5.09. The molecule has 1 aliphatic rings. The Kier molecular flexibility index (Phi) is 6.84. The molecule has 5 rings (SSSR count). The van der Waals surface area contributed by atoms with Crippen molar-refractivity contribution in [2.24, 2.45) is 0 Å². The Balaban J connectivity index is 1.36. The molecule has 0 bridgehead atoms. The molecule has 1 heterocycles. The summed E-state index contributed by atoms with van der Waals surface area (Å²) in [6, 6.07) is 22.3. The number of nitrogens with one attached hydrogen (secondary N) is 1. The number of halogens is 1. The Hall–Kier alpha value is -3.91. The second kappa shape index (κ2) is 10.2. The lowest BCUT2D eigenvalue weighted by Gasteiger charge is -2.18. The van der Waals surface area contributed by atoms with Gasteiger partial charge in [-0.15, -0.1) is 0 Å². The zero-order valence-corrected chi connectivity index (χ0v) is 22.0. The number of aliphatic carboxylic acids is 1. The van der Waals surface area contributed by atoms with Crippen LogP contribution in [0.4, 0.5) is 4.79 Å². The van der Waals surface area contributed by atoms with Crippen LogP contribution in [0.2, 0.25) is 0 Å². The fraction of sp³-hybridized carbons (Fsp3) is 0.207. The van der Waals surface area contributed by atoms with Gasteiger partial charge in [-0.05, 0) is 52.4 Å². The van der Waals surface area contributed by atoms with E-state index in [2.05, 4.69) is 38.5 Å². The van der Waals surface area contributed by atoms with Gasteiger partial charge in [0, 0.05) is 22.2 Å². The van der Waals surface area contributed by atoms with Crippen molar-refractivity contribution in [3.05, 3.63) is 106 Å². The standard InChI is InChI=1S/C29H26BrN3O4/c1-17(2)26-24(15-33(32-26)19-13-11-18(30)12-14-19)27(28(34)35)31-29(36)37-16-25-22-9-5-3-7-20(22)21-8-4-6-10-23(21)25/h3-15,17,25,27H,16H2,1-2H3,(H,31,36)(H,34,35). The summed E-state index contributed by atoms with van der Waals surface area (Å²) in [5.41, 5.74) is 6.21. The maximum absolute atomic E-state index is 12.9. The molecule has 1 aromatic heterocycles. The highest BCUT2D eigenvalue weighted by Gasteiger charge is 2.32. The van der Waals surface area contributed by atoms with Gasteiger partial charge in [0.2, 0.25) is 0 Å². The summed E-state index contributed by atoms with van der Waals surface area (Å²) in [6.45, 7) is 3.97. The molecular formula is C29H26BrN3O4. The van der Waals surface area contributed by atoms with Crippen molar-refractivity contribution < 1.29 is 19.4 Å². The molecule has 3 aromatic carbocycles. The first-order chi connectivity index (χ1) is 17.8.